The summed E-state index contributed by atoms with van der Waals surface area (Å²) in [7, 11) is -3.57. The lowest BCUT2D eigenvalue weighted by Gasteiger charge is -2.08. The van der Waals surface area contributed by atoms with Gasteiger partial charge in [-0.2, -0.15) is 0 Å². The average Bonchev–Trinajstić information content (AvgIpc) is 2.85. The molecule has 19 heavy (non-hydrogen) atoms. The number of hydrogen-bond donors (Lipinski definition) is 1. The molecule has 5 nitrogen and oxygen atoms in total. The van der Waals surface area contributed by atoms with Gasteiger partial charge >= 0.3 is 0 Å². The van der Waals surface area contributed by atoms with Gasteiger partial charge in [0.25, 0.3) is 0 Å². The first-order chi connectivity index (χ1) is 8.99. The van der Waals surface area contributed by atoms with Crippen LogP contribution in [0.4, 0.5) is 10.1 Å². The number of hydrogen-bond acceptors (Lipinski definition) is 4. The van der Waals surface area contributed by atoms with Gasteiger partial charge in [0.05, 0.1) is 22.7 Å². The molecule has 0 aliphatic carbocycles. The third kappa shape index (κ3) is 3.31. The summed E-state index contributed by atoms with van der Waals surface area (Å²) in [5.41, 5.74) is 5.65. The summed E-state index contributed by atoms with van der Waals surface area (Å²) in [6.45, 7) is 0.536. The summed E-state index contributed by atoms with van der Waals surface area (Å²) in [6, 6.07) is 3.36. The fourth-order valence-corrected chi connectivity index (χ4v) is 3.19. The van der Waals surface area contributed by atoms with Gasteiger partial charge < -0.3 is 10.3 Å². The van der Waals surface area contributed by atoms with E-state index in [1.54, 1.807) is 23.3 Å². The number of anilines is 1. The van der Waals surface area contributed by atoms with Gasteiger partial charge in [-0.25, -0.2) is 17.8 Å². The van der Waals surface area contributed by atoms with Crippen molar-refractivity contribution in [3.8, 4) is 0 Å². The summed E-state index contributed by atoms with van der Waals surface area (Å²) in [6.07, 6.45) is 5.40. The maximum absolute atomic E-state index is 13.1. The summed E-state index contributed by atoms with van der Waals surface area (Å²) >= 11 is 0. The topological polar surface area (TPSA) is 78.0 Å². The van der Waals surface area contributed by atoms with E-state index in [2.05, 4.69) is 4.98 Å². The van der Waals surface area contributed by atoms with E-state index in [4.69, 9.17) is 5.73 Å². The number of nitrogens with zero attached hydrogens (tertiary/aromatic N) is 2. The van der Waals surface area contributed by atoms with Gasteiger partial charge in [0.1, 0.15) is 5.82 Å². The Morgan fingerprint density at radius 3 is 2.84 bits per heavy atom. The Kier molecular flexibility index (Phi) is 3.84. The molecule has 0 aliphatic heterocycles. The molecule has 0 unspecified atom stereocenters. The first kappa shape index (κ1) is 13.5. The van der Waals surface area contributed by atoms with Crippen LogP contribution in [0.15, 0.2) is 41.8 Å². The fraction of sp³-hybridized carbons (Fsp3) is 0.250. The highest BCUT2D eigenvalue weighted by Gasteiger charge is 2.18. The molecular weight excluding hydrogens is 269 g/mol. The van der Waals surface area contributed by atoms with E-state index in [0.29, 0.717) is 13.0 Å². The van der Waals surface area contributed by atoms with Crippen LogP contribution in [-0.4, -0.2) is 23.7 Å². The second-order valence-electron chi connectivity index (χ2n) is 4.16. The molecule has 1 heterocycles. The van der Waals surface area contributed by atoms with Crippen LogP contribution >= 0.6 is 0 Å². The molecule has 0 saturated carbocycles. The van der Waals surface area contributed by atoms with Crippen LogP contribution in [0.1, 0.15) is 6.42 Å². The van der Waals surface area contributed by atoms with Crippen molar-refractivity contribution in [2.75, 3.05) is 11.5 Å². The lowest BCUT2D eigenvalue weighted by atomic mass is 10.3. The normalized spacial score (nSPS) is 11.6. The third-order valence-corrected chi connectivity index (χ3v) is 4.55. The Morgan fingerprint density at radius 1 is 1.37 bits per heavy atom. The predicted molar refractivity (Wildman–Crippen MR) is 69.7 cm³/mol. The van der Waals surface area contributed by atoms with Gasteiger partial charge in [0.15, 0.2) is 9.84 Å². The molecule has 7 heteroatoms. The van der Waals surface area contributed by atoms with E-state index in [1.807, 2.05) is 0 Å². The zero-order chi connectivity index (χ0) is 13.9. The van der Waals surface area contributed by atoms with Crippen molar-refractivity contribution in [2.24, 2.45) is 0 Å². The van der Waals surface area contributed by atoms with E-state index in [9.17, 15) is 12.8 Å². The van der Waals surface area contributed by atoms with Crippen LogP contribution in [0, 0.1) is 5.82 Å². The number of nitrogens with two attached hydrogens (primary N) is 1. The smallest absolute Gasteiger partial charge is 0.180 e. The van der Waals surface area contributed by atoms with Gasteiger partial charge in [-0.3, -0.25) is 0 Å². The molecule has 0 saturated heterocycles. The average molecular weight is 283 g/mol. The van der Waals surface area contributed by atoms with Crippen LogP contribution in [0.5, 0.6) is 0 Å². The van der Waals surface area contributed by atoms with Crippen LogP contribution in [-0.2, 0) is 16.4 Å². The van der Waals surface area contributed by atoms with Crippen molar-refractivity contribution < 1.29 is 12.8 Å². The number of nitrogen functional groups attached to an aromatic ring is 1. The molecule has 2 N–H and O–H groups in total. The van der Waals surface area contributed by atoms with Gasteiger partial charge in [-0.05, 0) is 24.6 Å². The number of benzene rings is 1. The minimum Gasteiger partial charge on any atom is -0.398 e. The lowest BCUT2D eigenvalue weighted by molar-refractivity contribution is 0.583. The van der Waals surface area contributed by atoms with Gasteiger partial charge in [0, 0.05) is 18.9 Å². The molecule has 0 bridgehead atoms. The molecule has 0 aliphatic rings. The molecule has 0 amide bonds. The first-order valence-electron chi connectivity index (χ1n) is 5.72. The van der Waals surface area contributed by atoms with Crippen molar-refractivity contribution in [1.29, 1.82) is 0 Å². The minimum absolute atomic E-state index is 0.0732. The predicted octanol–water partition coefficient (Wildman–Crippen LogP) is 1.47. The molecule has 0 radical (unpaired) electrons. The summed E-state index contributed by atoms with van der Waals surface area (Å²) in [5, 5.41) is 0. The number of sulfone groups is 1. The molecule has 2 aromatic rings. The fourth-order valence-electron chi connectivity index (χ4n) is 1.74. The molecule has 1 aromatic carbocycles. The number of imidazole rings is 1. The zero-order valence-electron chi connectivity index (χ0n) is 10.2. The van der Waals surface area contributed by atoms with Crippen LogP contribution in [0.25, 0.3) is 0 Å². The van der Waals surface area contributed by atoms with Gasteiger partial charge in [0.2, 0.25) is 0 Å². The number of aryl methyl sites for hydroxylation is 1. The Morgan fingerprint density at radius 2 is 2.16 bits per heavy atom. The highest BCUT2D eigenvalue weighted by molar-refractivity contribution is 7.91. The van der Waals surface area contributed by atoms with Crippen molar-refractivity contribution in [2.45, 2.75) is 17.9 Å². The highest BCUT2D eigenvalue weighted by atomic mass is 32.2. The largest absolute Gasteiger partial charge is 0.398 e. The first-order valence-corrected chi connectivity index (χ1v) is 7.38. The Balaban J connectivity index is 2.07. The molecule has 0 spiro atoms. The van der Waals surface area contributed by atoms with Gasteiger partial charge in [-0.15, -0.1) is 0 Å². The van der Waals surface area contributed by atoms with E-state index >= 15 is 0 Å². The molecule has 0 atom stereocenters. The summed E-state index contributed by atoms with van der Waals surface area (Å²) in [5.74, 6) is -0.693. The number of aromatic nitrogens is 2. The highest BCUT2D eigenvalue weighted by Crippen LogP contribution is 2.21. The lowest BCUT2D eigenvalue weighted by Crippen LogP contribution is -2.11. The number of halogens is 1. The Bertz CT molecular complexity index is 654. The Hall–Kier alpha value is -1.89. The summed E-state index contributed by atoms with van der Waals surface area (Å²) in [4.78, 5) is 3.72. The Labute approximate surface area is 110 Å². The molecule has 0 fully saturated rings. The standard InChI is InChI=1S/C12H14FN3O2S/c13-10-2-3-11(14)12(8-10)19(17,18)7-1-5-16-6-4-15-9-16/h2-4,6,8-9H,1,5,7,14H2. The van der Waals surface area contributed by atoms with E-state index in [1.165, 1.54) is 6.07 Å². The maximum atomic E-state index is 13.1. The van der Waals surface area contributed by atoms with E-state index in [-0.39, 0.29) is 16.3 Å². The second kappa shape index (κ2) is 5.40. The molecule has 1 aromatic heterocycles. The van der Waals surface area contributed by atoms with Crippen LogP contribution in [0.2, 0.25) is 0 Å². The summed E-state index contributed by atoms with van der Waals surface area (Å²) < 4.78 is 39.0. The zero-order valence-corrected chi connectivity index (χ0v) is 11.0. The van der Waals surface area contributed by atoms with Crippen LogP contribution < -0.4 is 5.73 Å². The minimum atomic E-state index is -3.57. The molecule has 102 valence electrons. The van der Waals surface area contributed by atoms with Crippen molar-refractivity contribution in [3.05, 3.63) is 42.7 Å². The van der Waals surface area contributed by atoms with Crippen LogP contribution in [0.3, 0.4) is 0 Å². The monoisotopic (exact) mass is 283 g/mol. The van der Waals surface area contributed by atoms with E-state index in [0.717, 1.165) is 12.1 Å². The van der Waals surface area contributed by atoms with Crippen molar-refractivity contribution in [3.63, 3.8) is 0 Å². The SMILES string of the molecule is Nc1ccc(F)cc1S(=O)(=O)CCCn1ccnc1. The third-order valence-electron chi connectivity index (χ3n) is 2.70. The maximum Gasteiger partial charge on any atom is 0.180 e. The van der Waals surface area contributed by atoms with Gasteiger partial charge in [-0.1, -0.05) is 0 Å². The number of rotatable bonds is 5. The second-order valence-corrected chi connectivity index (χ2v) is 6.23. The van der Waals surface area contributed by atoms with Crippen molar-refractivity contribution in [1.82, 2.24) is 9.55 Å². The van der Waals surface area contributed by atoms with E-state index < -0.39 is 15.7 Å². The molecule has 2 rings (SSSR count). The molecular formula is C12H14FN3O2S. The van der Waals surface area contributed by atoms with Crippen molar-refractivity contribution >= 4 is 15.5 Å². The quantitative estimate of drug-likeness (QED) is 0.843.